The van der Waals surface area contributed by atoms with Crippen molar-refractivity contribution >= 4 is 17.5 Å². The number of nitrogens with one attached hydrogen (secondary N) is 2. The molecule has 0 saturated carbocycles. The Morgan fingerprint density at radius 1 is 1.11 bits per heavy atom. The van der Waals surface area contributed by atoms with Gasteiger partial charge >= 0.3 is 0 Å². The Labute approximate surface area is 156 Å². The van der Waals surface area contributed by atoms with Crippen LogP contribution in [0.2, 0.25) is 0 Å². The molecular formula is C20H20N4O3. The highest BCUT2D eigenvalue weighted by atomic mass is 16.3. The van der Waals surface area contributed by atoms with Gasteiger partial charge in [-0.3, -0.25) is 14.7 Å². The maximum atomic E-state index is 12.5. The molecule has 4 rings (SSSR count). The van der Waals surface area contributed by atoms with Gasteiger partial charge < -0.3 is 14.6 Å². The first-order chi connectivity index (χ1) is 13.2. The van der Waals surface area contributed by atoms with E-state index in [0.29, 0.717) is 31.5 Å². The summed E-state index contributed by atoms with van der Waals surface area (Å²) in [5.41, 5.74) is 3.26. The van der Waals surface area contributed by atoms with Crippen LogP contribution in [0.15, 0.2) is 59.5 Å². The fourth-order valence-corrected chi connectivity index (χ4v) is 3.31. The number of benzene rings is 1. The third kappa shape index (κ3) is 3.76. The summed E-state index contributed by atoms with van der Waals surface area (Å²) in [6.07, 6.45) is 5.96. The first-order valence-corrected chi connectivity index (χ1v) is 8.93. The molecule has 0 unspecified atom stereocenters. The molecule has 1 aliphatic rings. The van der Waals surface area contributed by atoms with E-state index < -0.39 is 0 Å². The molecule has 27 heavy (non-hydrogen) atoms. The van der Waals surface area contributed by atoms with E-state index in [1.54, 1.807) is 17.2 Å². The number of hydrogen-bond donors (Lipinski definition) is 2. The van der Waals surface area contributed by atoms with Crippen molar-refractivity contribution in [3.63, 3.8) is 0 Å². The molecular weight excluding hydrogens is 344 g/mol. The maximum absolute atomic E-state index is 12.5. The lowest BCUT2D eigenvalue weighted by Gasteiger charge is -2.31. The van der Waals surface area contributed by atoms with Crippen molar-refractivity contribution in [1.82, 2.24) is 15.1 Å². The largest absolute Gasteiger partial charge is 0.472 e. The van der Waals surface area contributed by atoms with Gasteiger partial charge in [0.2, 0.25) is 5.91 Å². The van der Waals surface area contributed by atoms with Crippen molar-refractivity contribution < 1.29 is 14.0 Å². The van der Waals surface area contributed by atoms with Gasteiger partial charge in [0.05, 0.1) is 17.5 Å². The molecule has 1 aliphatic heterocycles. The minimum Gasteiger partial charge on any atom is -0.472 e. The van der Waals surface area contributed by atoms with E-state index in [0.717, 1.165) is 16.9 Å². The third-order valence-corrected chi connectivity index (χ3v) is 4.89. The van der Waals surface area contributed by atoms with Crippen molar-refractivity contribution in [1.29, 1.82) is 0 Å². The zero-order valence-electron chi connectivity index (χ0n) is 14.7. The van der Waals surface area contributed by atoms with Crippen LogP contribution in [-0.4, -0.2) is 40.0 Å². The number of hydrogen-bond acceptors (Lipinski definition) is 4. The van der Waals surface area contributed by atoms with Gasteiger partial charge in [0.25, 0.3) is 5.91 Å². The molecule has 0 atom stereocenters. The quantitative estimate of drug-likeness (QED) is 0.744. The Kier molecular flexibility index (Phi) is 4.74. The molecule has 7 heteroatoms. The van der Waals surface area contributed by atoms with E-state index in [2.05, 4.69) is 15.5 Å². The van der Waals surface area contributed by atoms with Crippen LogP contribution < -0.4 is 5.32 Å². The van der Waals surface area contributed by atoms with Crippen LogP contribution in [0, 0.1) is 5.92 Å². The summed E-state index contributed by atoms with van der Waals surface area (Å²) >= 11 is 0. The Morgan fingerprint density at radius 2 is 1.89 bits per heavy atom. The minimum atomic E-state index is -0.0920. The van der Waals surface area contributed by atoms with Gasteiger partial charge in [-0.1, -0.05) is 12.1 Å². The predicted octanol–water partition coefficient (Wildman–Crippen LogP) is 3.16. The molecule has 1 aromatic carbocycles. The van der Waals surface area contributed by atoms with Crippen LogP contribution in [0.4, 0.5) is 5.69 Å². The summed E-state index contributed by atoms with van der Waals surface area (Å²) in [6, 6.07) is 11.2. The van der Waals surface area contributed by atoms with E-state index in [4.69, 9.17) is 4.42 Å². The number of piperidine rings is 1. The second kappa shape index (κ2) is 7.49. The SMILES string of the molecule is O=C(Nc1ccc(-c2ccn[nH]2)cc1)C1CCN(C(=O)c2ccoc2)CC1. The van der Waals surface area contributed by atoms with E-state index in [-0.39, 0.29) is 17.7 Å². The zero-order chi connectivity index (χ0) is 18.6. The second-order valence-electron chi connectivity index (χ2n) is 6.62. The lowest BCUT2D eigenvalue weighted by Crippen LogP contribution is -2.41. The molecule has 2 amide bonds. The summed E-state index contributed by atoms with van der Waals surface area (Å²) < 4.78 is 4.97. The maximum Gasteiger partial charge on any atom is 0.257 e. The van der Waals surface area contributed by atoms with Gasteiger partial charge in [-0.05, 0) is 42.7 Å². The Hall–Kier alpha value is -3.35. The van der Waals surface area contributed by atoms with Crippen LogP contribution in [0.3, 0.4) is 0 Å². The summed E-state index contributed by atoms with van der Waals surface area (Å²) in [7, 11) is 0. The first kappa shape index (κ1) is 17.1. The molecule has 138 valence electrons. The number of anilines is 1. The lowest BCUT2D eigenvalue weighted by atomic mass is 9.95. The first-order valence-electron chi connectivity index (χ1n) is 8.93. The molecule has 0 bridgehead atoms. The van der Waals surface area contributed by atoms with E-state index in [1.807, 2.05) is 30.3 Å². The third-order valence-electron chi connectivity index (χ3n) is 4.89. The second-order valence-corrected chi connectivity index (χ2v) is 6.62. The molecule has 3 heterocycles. The number of furan rings is 1. The standard InChI is InChI=1S/C20H20N4O3/c25-19(22-17-3-1-14(2-4-17)18-5-9-21-23-18)15-6-10-24(11-7-15)20(26)16-8-12-27-13-16/h1-5,8-9,12-13,15H,6-7,10-11H2,(H,21,23)(H,22,25). The number of carbonyl (C=O) groups excluding carboxylic acids is 2. The predicted molar refractivity (Wildman–Crippen MR) is 100.0 cm³/mol. The number of aromatic amines is 1. The molecule has 1 fully saturated rings. The number of H-pyrrole nitrogens is 1. The van der Waals surface area contributed by atoms with Gasteiger partial charge in [0.1, 0.15) is 6.26 Å². The number of carbonyl (C=O) groups is 2. The van der Waals surface area contributed by atoms with Crippen molar-refractivity contribution in [2.45, 2.75) is 12.8 Å². The minimum absolute atomic E-state index is 0.000277. The van der Waals surface area contributed by atoms with E-state index in [9.17, 15) is 9.59 Å². The molecule has 3 aromatic rings. The van der Waals surface area contributed by atoms with Crippen molar-refractivity contribution in [2.75, 3.05) is 18.4 Å². The Morgan fingerprint density at radius 3 is 2.52 bits per heavy atom. The Balaban J connectivity index is 1.31. The molecule has 1 saturated heterocycles. The van der Waals surface area contributed by atoms with Gasteiger partial charge in [0.15, 0.2) is 0 Å². The average molecular weight is 364 g/mol. The molecule has 0 spiro atoms. The summed E-state index contributed by atoms with van der Waals surface area (Å²) in [5, 5.41) is 9.82. The van der Waals surface area contributed by atoms with Crippen LogP contribution >= 0.6 is 0 Å². The topological polar surface area (TPSA) is 91.2 Å². The molecule has 7 nitrogen and oxygen atoms in total. The van der Waals surface area contributed by atoms with Gasteiger partial charge in [-0.15, -0.1) is 0 Å². The van der Waals surface area contributed by atoms with Gasteiger partial charge in [-0.2, -0.15) is 5.10 Å². The number of likely N-dealkylation sites (tertiary alicyclic amines) is 1. The molecule has 2 aromatic heterocycles. The number of aromatic nitrogens is 2. The van der Waals surface area contributed by atoms with Crippen molar-refractivity contribution in [2.24, 2.45) is 5.92 Å². The van der Waals surface area contributed by atoms with Gasteiger partial charge in [-0.25, -0.2) is 0 Å². The van der Waals surface area contributed by atoms with Crippen LogP contribution in [-0.2, 0) is 4.79 Å². The highest BCUT2D eigenvalue weighted by Crippen LogP contribution is 2.23. The highest BCUT2D eigenvalue weighted by molar-refractivity contribution is 5.95. The smallest absolute Gasteiger partial charge is 0.257 e. The van der Waals surface area contributed by atoms with Crippen LogP contribution in [0.1, 0.15) is 23.2 Å². The molecule has 0 aliphatic carbocycles. The number of nitrogens with zero attached hydrogens (tertiary/aromatic N) is 2. The summed E-state index contributed by atoms with van der Waals surface area (Å²) in [6.45, 7) is 1.14. The Bertz CT molecular complexity index is 893. The number of rotatable bonds is 4. The normalized spacial score (nSPS) is 14.9. The molecule has 0 radical (unpaired) electrons. The van der Waals surface area contributed by atoms with E-state index >= 15 is 0 Å². The lowest BCUT2D eigenvalue weighted by molar-refractivity contribution is -0.121. The monoisotopic (exact) mass is 364 g/mol. The fourth-order valence-electron chi connectivity index (χ4n) is 3.31. The van der Waals surface area contributed by atoms with Crippen molar-refractivity contribution in [3.8, 4) is 11.3 Å². The average Bonchev–Trinajstić information content (AvgIpc) is 3.42. The van der Waals surface area contributed by atoms with Crippen molar-refractivity contribution in [3.05, 3.63) is 60.7 Å². The van der Waals surface area contributed by atoms with Gasteiger partial charge in [0, 0.05) is 30.9 Å². The van der Waals surface area contributed by atoms with Crippen LogP contribution in [0.5, 0.6) is 0 Å². The highest BCUT2D eigenvalue weighted by Gasteiger charge is 2.28. The van der Waals surface area contributed by atoms with E-state index in [1.165, 1.54) is 12.5 Å². The summed E-state index contributed by atoms with van der Waals surface area (Å²) in [4.78, 5) is 26.6. The fraction of sp³-hybridized carbons (Fsp3) is 0.250. The number of amides is 2. The molecule has 2 N–H and O–H groups in total. The zero-order valence-corrected chi connectivity index (χ0v) is 14.7. The van der Waals surface area contributed by atoms with Crippen LogP contribution in [0.25, 0.3) is 11.3 Å². The summed E-state index contributed by atoms with van der Waals surface area (Å²) in [5.74, 6) is -0.137.